The van der Waals surface area contributed by atoms with E-state index in [1.807, 2.05) is 6.07 Å². The first-order chi connectivity index (χ1) is 7.62. The zero-order chi connectivity index (χ0) is 11.6. The van der Waals surface area contributed by atoms with Crippen LogP contribution in [0.25, 0.3) is 0 Å². The second-order valence-corrected chi connectivity index (χ2v) is 5.09. The van der Waals surface area contributed by atoms with Crippen molar-refractivity contribution < 1.29 is 0 Å². The molecule has 1 atom stereocenters. The number of anilines is 1. The predicted molar refractivity (Wildman–Crippen MR) is 65.3 cm³/mol. The molecule has 4 heteroatoms. The fourth-order valence-electron chi connectivity index (χ4n) is 2.27. The van der Waals surface area contributed by atoms with E-state index in [2.05, 4.69) is 41.0 Å². The highest BCUT2D eigenvalue weighted by Gasteiger charge is 2.38. The highest BCUT2D eigenvalue weighted by molar-refractivity contribution is 5.27. The maximum absolute atomic E-state index is 4.22. The molecule has 2 heterocycles. The quantitative estimate of drug-likeness (QED) is 0.840. The molecule has 1 saturated heterocycles. The number of nitrogens with one attached hydrogen (secondary N) is 1. The molecular weight excluding hydrogens is 200 g/mol. The van der Waals surface area contributed by atoms with Gasteiger partial charge in [-0.15, -0.1) is 0 Å². The second-order valence-electron chi connectivity index (χ2n) is 5.09. The van der Waals surface area contributed by atoms with Crippen molar-refractivity contribution >= 4 is 5.95 Å². The van der Waals surface area contributed by atoms with Gasteiger partial charge in [0, 0.05) is 31.5 Å². The van der Waals surface area contributed by atoms with Crippen LogP contribution in [0.5, 0.6) is 0 Å². The fraction of sp³-hybridized carbons (Fsp3) is 0.667. The van der Waals surface area contributed by atoms with E-state index in [1.165, 1.54) is 0 Å². The van der Waals surface area contributed by atoms with Gasteiger partial charge in [0.05, 0.1) is 0 Å². The highest BCUT2D eigenvalue weighted by atomic mass is 15.2. The molecule has 1 aromatic rings. The summed E-state index contributed by atoms with van der Waals surface area (Å²) in [4.78, 5) is 10.9. The molecule has 0 radical (unpaired) electrons. The number of rotatable bonds is 3. The molecule has 1 fully saturated rings. The van der Waals surface area contributed by atoms with Crippen LogP contribution in [0.15, 0.2) is 18.5 Å². The molecule has 1 N–H and O–H groups in total. The summed E-state index contributed by atoms with van der Waals surface area (Å²) in [5, 5.41) is 3.43. The van der Waals surface area contributed by atoms with Crippen molar-refractivity contribution in [3.63, 3.8) is 0 Å². The Morgan fingerprint density at radius 3 is 2.69 bits per heavy atom. The van der Waals surface area contributed by atoms with Gasteiger partial charge in [-0.25, -0.2) is 9.97 Å². The zero-order valence-electron chi connectivity index (χ0n) is 10.3. The van der Waals surface area contributed by atoms with E-state index >= 15 is 0 Å². The van der Waals surface area contributed by atoms with Crippen molar-refractivity contribution in [2.24, 2.45) is 5.41 Å². The largest absolute Gasteiger partial charge is 0.350 e. The Bertz CT molecular complexity index is 336. The van der Waals surface area contributed by atoms with Gasteiger partial charge in [0.1, 0.15) is 0 Å². The molecule has 88 valence electrons. The first kappa shape index (κ1) is 11.3. The molecule has 0 spiro atoms. The summed E-state index contributed by atoms with van der Waals surface area (Å²) >= 11 is 0. The van der Waals surface area contributed by atoms with E-state index in [1.54, 1.807) is 12.4 Å². The van der Waals surface area contributed by atoms with Crippen molar-refractivity contribution in [3.05, 3.63) is 18.5 Å². The zero-order valence-corrected chi connectivity index (χ0v) is 10.3. The van der Waals surface area contributed by atoms with Crippen LogP contribution in [0.3, 0.4) is 0 Å². The van der Waals surface area contributed by atoms with E-state index in [0.29, 0.717) is 6.04 Å². The Labute approximate surface area is 97.1 Å². The number of nitrogens with zero attached hydrogens (tertiary/aromatic N) is 3. The predicted octanol–water partition coefficient (Wildman–Crippen LogP) is 1.62. The van der Waals surface area contributed by atoms with Crippen LogP contribution in [0.1, 0.15) is 20.8 Å². The summed E-state index contributed by atoms with van der Waals surface area (Å²) < 4.78 is 0. The molecule has 4 nitrogen and oxygen atoms in total. The third-order valence-corrected chi connectivity index (χ3v) is 3.33. The Morgan fingerprint density at radius 1 is 1.44 bits per heavy atom. The molecular formula is C12H20N4. The fourth-order valence-corrected chi connectivity index (χ4v) is 2.27. The van der Waals surface area contributed by atoms with Crippen LogP contribution in [0.4, 0.5) is 5.95 Å². The molecule has 2 rings (SSSR count). The summed E-state index contributed by atoms with van der Waals surface area (Å²) in [6, 6.07) is 2.26. The van der Waals surface area contributed by atoms with Gasteiger partial charge >= 0.3 is 0 Å². The van der Waals surface area contributed by atoms with Gasteiger partial charge in [-0.05, 0) is 18.0 Å². The van der Waals surface area contributed by atoms with Gasteiger partial charge in [0.15, 0.2) is 0 Å². The van der Waals surface area contributed by atoms with Gasteiger partial charge < -0.3 is 10.2 Å². The van der Waals surface area contributed by atoms with E-state index in [9.17, 15) is 0 Å². The molecule has 0 saturated carbocycles. The third kappa shape index (κ3) is 2.32. The third-order valence-electron chi connectivity index (χ3n) is 3.33. The number of hydrogen-bond acceptors (Lipinski definition) is 4. The summed E-state index contributed by atoms with van der Waals surface area (Å²) in [5.41, 5.74) is 0.273. The topological polar surface area (TPSA) is 41.0 Å². The Hall–Kier alpha value is -1.16. The normalized spacial score (nSPS) is 24.6. The average Bonchev–Trinajstić information content (AvgIpc) is 2.55. The van der Waals surface area contributed by atoms with E-state index < -0.39 is 0 Å². The number of hydrogen-bond donors (Lipinski definition) is 1. The van der Waals surface area contributed by atoms with Gasteiger partial charge in [-0.3, -0.25) is 0 Å². The van der Waals surface area contributed by atoms with Crippen LogP contribution in [0.2, 0.25) is 0 Å². The molecule has 0 amide bonds. The van der Waals surface area contributed by atoms with Crippen molar-refractivity contribution in [3.8, 4) is 0 Å². The minimum Gasteiger partial charge on any atom is -0.350 e. The van der Waals surface area contributed by atoms with Crippen LogP contribution in [-0.2, 0) is 0 Å². The molecule has 1 aliphatic rings. The van der Waals surface area contributed by atoms with Crippen molar-refractivity contribution in [1.82, 2.24) is 14.9 Å². The van der Waals surface area contributed by atoms with Gasteiger partial charge in [-0.1, -0.05) is 20.8 Å². The molecule has 1 aromatic heterocycles. The summed E-state index contributed by atoms with van der Waals surface area (Å²) in [5.74, 6) is 0.735. The minimum absolute atomic E-state index is 0.273. The SMILES string of the molecule is CCN1CC(Nc2ncccn2)C(C)(C)C1. The minimum atomic E-state index is 0.273. The van der Waals surface area contributed by atoms with Gasteiger partial charge in [0.25, 0.3) is 0 Å². The number of likely N-dealkylation sites (tertiary alicyclic amines) is 1. The molecule has 1 aliphatic heterocycles. The van der Waals surface area contributed by atoms with Crippen LogP contribution in [0, 0.1) is 5.41 Å². The standard InChI is InChI=1S/C12H20N4/c1-4-16-8-10(12(2,3)9-16)15-11-13-6-5-7-14-11/h5-7,10H,4,8-9H2,1-3H3,(H,13,14,15). The van der Waals surface area contributed by atoms with Gasteiger partial charge in [-0.2, -0.15) is 0 Å². The maximum Gasteiger partial charge on any atom is 0.222 e. The van der Waals surface area contributed by atoms with Crippen molar-refractivity contribution in [2.75, 3.05) is 25.0 Å². The molecule has 0 aromatic carbocycles. The van der Waals surface area contributed by atoms with Crippen LogP contribution in [-0.4, -0.2) is 40.5 Å². The maximum atomic E-state index is 4.22. The molecule has 0 aliphatic carbocycles. The second kappa shape index (κ2) is 4.37. The summed E-state index contributed by atoms with van der Waals surface area (Å²) in [6.45, 7) is 10.1. The first-order valence-corrected chi connectivity index (χ1v) is 5.88. The van der Waals surface area contributed by atoms with Crippen molar-refractivity contribution in [1.29, 1.82) is 0 Å². The Balaban J connectivity index is 2.05. The lowest BCUT2D eigenvalue weighted by molar-refractivity contribution is 0.300. The highest BCUT2D eigenvalue weighted by Crippen LogP contribution is 2.30. The van der Waals surface area contributed by atoms with Crippen molar-refractivity contribution in [2.45, 2.75) is 26.8 Å². The molecule has 1 unspecified atom stereocenters. The molecule has 16 heavy (non-hydrogen) atoms. The number of aromatic nitrogens is 2. The van der Waals surface area contributed by atoms with Gasteiger partial charge in [0.2, 0.25) is 5.95 Å². The smallest absolute Gasteiger partial charge is 0.222 e. The molecule has 0 bridgehead atoms. The summed E-state index contributed by atoms with van der Waals surface area (Å²) in [7, 11) is 0. The van der Waals surface area contributed by atoms with E-state index in [-0.39, 0.29) is 5.41 Å². The lowest BCUT2D eigenvalue weighted by Crippen LogP contribution is -2.35. The number of likely N-dealkylation sites (N-methyl/N-ethyl adjacent to an activating group) is 1. The Kier molecular flexibility index (Phi) is 3.10. The van der Waals surface area contributed by atoms with E-state index in [4.69, 9.17) is 0 Å². The Morgan fingerprint density at radius 2 is 2.12 bits per heavy atom. The lowest BCUT2D eigenvalue weighted by Gasteiger charge is -2.26. The monoisotopic (exact) mass is 220 g/mol. The first-order valence-electron chi connectivity index (χ1n) is 5.88. The lowest BCUT2D eigenvalue weighted by atomic mass is 9.88. The van der Waals surface area contributed by atoms with Crippen LogP contribution < -0.4 is 5.32 Å². The van der Waals surface area contributed by atoms with E-state index in [0.717, 1.165) is 25.6 Å². The summed E-state index contributed by atoms with van der Waals surface area (Å²) in [6.07, 6.45) is 3.55. The van der Waals surface area contributed by atoms with Crippen LogP contribution >= 0.6 is 0 Å². The average molecular weight is 220 g/mol.